The molecule has 14 heteroatoms. The van der Waals surface area contributed by atoms with Crippen LogP contribution in [-0.4, -0.2) is 120 Å². The van der Waals surface area contributed by atoms with E-state index in [9.17, 15) is 24.3 Å². The molecular weight excluding hydrogens is 715 g/mol. The number of likely N-dealkylation sites (N-methyl/N-ethyl adjacent to an activating group) is 2. The Kier molecular flexibility index (Phi) is 19.7. The van der Waals surface area contributed by atoms with Crippen LogP contribution in [0, 0.1) is 23.7 Å². The molecular formula is C39H67N5O7S2. The Bertz CT molecular complexity index is 1310. The minimum absolute atomic E-state index is 0.0161. The largest absolute Gasteiger partial charge is 0.386 e. The maximum Gasteiger partial charge on any atom is 0.245 e. The highest BCUT2D eigenvalue weighted by molar-refractivity contribution is 8.67. The summed E-state index contributed by atoms with van der Waals surface area (Å²) in [6.45, 7) is 15.8. The van der Waals surface area contributed by atoms with Crippen molar-refractivity contribution in [2.24, 2.45) is 23.7 Å². The van der Waals surface area contributed by atoms with Gasteiger partial charge in [0.25, 0.3) is 0 Å². The average Bonchev–Trinajstić information content (AvgIpc) is 3.62. The molecule has 1 aromatic rings. The third kappa shape index (κ3) is 12.3. The number of amides is 4. The van der Waals surface area contributed by atoms with Gasteiger partial charge in [0, 0.05) is 27.8 Å². The molecule has 0 aromatic heterocycles. The molecule has 302 valence electrons. The van der Waals surface area contributed by atoms with Crippen molar-refractivity contribution in [1.82, 2.24) is 24.7 Å². The molecule has 1 aliphatic heterocycles. The Labute approximate surface area is 327 Å². The highest BCUT2D eigenvalue weighted by atomic mass is 33.1. The molecule has 10 atom stereocenters. The lowest BCUT2D eigenvalue weighted by Gasteiger charge is -2.41. The van der Waals surface area contributed by atoms with Gasteiger partial charge in [-0.3, -0.25) is 19.2 Å². The van der Waals surface area contributed by atoms with E-state index in [1.54, 1.807) is 56.3 Å². The van der Waals surface area contributed by atoms with Gasteiger partial charge in [-0.05, 0) is 61.1 Å². The summed E-state index contributed by atoms with van der Waals surface area (Å²) in [5.41, 5.74) is 0.708. The normalized spacial score (nSPS) is 19.9. The van der Waals surface area contributed by atoms with Crippen molar-refractivity contribution in [3.8, 4) is 0 Å². The van der Waals surface area contributed by atoms with Crippen LogP contribution in [0.1, 0.15) is 92.7 Å². The molecule has 0 aliphatic carbocycles. The Hall–Kier alpha value is -2.36. The molecule has 1 fully saturated rings. The first-order chi connectivity index (χ1) is 25.0. The maximum atomic E-state index is 14.3. The topological polar surface area (TPSA) is 141 Å². The molecule has 53 heavy (non-hydrogen) atoms. The molecule has 1 aromatic carbocycles. The van der Waals surface area contributed by atoms with Gasteiger partial charge in [-0.15, -0.1) is 0 Å². The van der Waals surface area contributed by atoms with Crippen LogP contribution in [0.2, 0.25) is 0 Å². The fraction of sp³-hybridized carbons (Fsp3) is 0.744. The summed E-state index contributed by atoms with van der Waals surface area (Å²) in [4.78, 5) is 58.9. The van der Waals surface area contributed by atoms with E-state index in [1.165, 1.54) is 11.0 Å². The number of rotatable bonds is 21. The number of likely N-dealkylation sites (tertiary alicyclic amines) is 1. The molecule has 0 radical (unpaired) electrons. The van der Waals surface area contributed by atoms with Gasteiger partial charge in [0.05, 0.1) is 48.8 Å². The molecule has 0 unspecified atom stereocenters. The minimum Gasteiger partial charge on any atom is -0.386 e. The zero-order valence-electron chi connectivity index (χ0n) is 33.9. The van der Waals surface area contributed by atoms with Crippen molar-refractivity contribution in [3.63, 3.8) is 0 Å². The Morgan fingerprint density at radius 1 is 0.962 bits per heavy atom. The Morgan fingerprint density at radius 3 is 2.09 bits per heavy atom. The number of methoxy groups -OCH3 is 2. The van der Waals surface area contributed by atoms with Crippen molar-refractivity contribution in [3.05, 3.63) is 35.9 Å². The van der Waals surface area contributed by atoms with E-state index in [0.717, 1.165) is 12.8 Å². The summed E-state index contributed by atoms with van der Waals surface area (Å²) in [6.07, 6.45) is 0.0907. The molecule has 3 N–H and O–H groups in total. The van der Waals surface area contributed by atoms with Gasteiger partial charge in [-0.1, -0.05) is 96.9 Å². The fourth-order valence-electron chi connectivity index (χ4n) is 7.59. The van der Waals surface area contributed by atoms with E-state index in [4.69, 9.17) is 9.47 Å². The second-order valence-electron chi connectivity index (χ2n) is 15.3. The lowest BCUT2D eigenvalue weighted by atomic mass is 9.89. The Balaban J connectivity index is 2.26. The molecule has 0 bridgehead atoms. The summed E-state index contributed by atoms with van der Waals surface area (Å²) in [5.74, 6) is -1.76. The lowest BCUT2D eigenvalue weighted by molar-refractivity contribution is -0.148. The predicted molar refractivity (Wildman–Crippen MR) is 215 cm³/mol. The van der Waals surface area contributed by atoms with Crippen LogP contribution in [0.5, 0.6) is 0 Å². The molecule has 4 amide bonds. The SMILES string of the molecule is CC[C@H](C)[C@@H]([C@@H](CC(=O)N1CCC[C@H]1[C@H](OC)[C@@H](C)C(=O)N[C@H](C)[C@@H](O)c1ccccc1)OC)N(C)C(=O)[C@@H](NC(=O)[C@H](C(C)C)N(C)SS)C(C)C. The standard InChI is InChI=1S/C39H67N5O7S2/c1-13-25(6)34(42(9)39(49)32(23(2)3)41-38(48)33(24(4)5)43(10)53-52)30(50-11)22-31(45)44-21-17-20-29(44)36(51-12)26(7)37(47)40-27(8)35(46)28-18-15-14-16-19-28/h14-16,18-19,23-27,29-30,32-36,46,52H,13,17,20-22H2,1-12H3,(H,40,47)(H,41,48)/t25-,26+,27+,29-,30+,32-,33-,34-,35+,36+/m0/s1. The van der Waals surface area contributed by atoms with Gasteiger partial charge >= 0.3 is 0 Å². The van der Waals surface area contributed by atoms with Crippen molar-refractivity contribution >= 4 is 46.3 Å². The van der Waals surface area contributed by atoms with Crippen LogP contribution in [0.25, 0.3) is 0 Å². The number of carbonyl (C=O) groups is 4. The molecule has 12 nitrogen and oxygen atoms in total. The number of aliphatic hydroxyl groups excluding tert-OH is 1. The fourth-order valence-corrected chi connectivity index (χ4v) is 8.34. The summed E-state index contributed by atoms with van der Waals surface area (Å²) in [5, 5.41) is 16.8. The first kappa shape index (κ1) is 46.8. The quantitative estimate of drug-likeness (QED) is 0.0792. The van der Waals surface area contributed by atoms with E-state index in [1.807, 2.05) is 71.9 Å². The van der Waals surface area contributed by atoms with Crippen molar-refractivity contribution in [2.75, 3.05) is 34.9 Å². The van der Waals surface area contributed by atoms with Gasteiger partial charge in [0.1, 0.15) is 12.1 Å². The molecule has 1 saturated heterocycles. The number of hydrogen-bond acceptors (Lipinski definition) is 10. The molecule has 2 rings (SSSR count). The second-order valence-corrected chi connectivity index (χ2v) is 16.5. The molecule has 0 saturated carbocycles. The number of hydrogen-bond donors (Lipinski definition) is 4. The van der Waals surface area contributed by atoms with Gasteiger partial charge in [0.15, 0.2) is 0 Å². The van der Waals surface area contributed by atoms with E-state index < -0.39 is 48.4 Å². The predicted octanol–water partition coefficient (Wildman–Crippen LogP) is 4.74. The third-order valence-corrected chi connectivity index (χ3v) is 12.2. The van der Waals surface area contributed by atoms with Crippen LogP contribution < -0.4 is 10.6 Å². The number of nitrogens with one attached hydrogen (secondary N) is 2. The maximum absolute atomic E-state index is 14.3. The lowest BCUT2D eigenvalue weighted by Crippen LogP contribution is -2.59. The number of benzene rings is 1. The number of thiol groups is 1. The van der Waals surface area contributed by atoms with Crippen LogP contribution in [-0.2, 0) is 28.7 Å². The van der Waals surface area contributed by atoms with Gasteiger partial charge in [-0.25, -0.2) is 4.31 Å². The number of nitrogens with zero attached hydrogens (tertiary/aromatic N) is 3. The first-order valence-corrected chi connectivity index (χ1v) is 20.8. The van der Waals surface area contributed by atoms with Crippen LogP contribution in [0.15, 0.2) is 30.3 Å². The van der Waals surface area contributed by atoms with Crippen molar-refractivity contribution in [1.29, 1.82) is 0 Å². The van der Waals surface area contributed by atoms with Gasteiger partial charge in [0.2, 0.25) is 23.6 Å². The van der Waals surface area contributed by atoms with Crippen molar-refractivity contribution in [2.45, 2.75) is 130 Å². The summed E-state index contributed by atoms with van der Waals surface area (Å²) >= 11 is 4.28. The number of aliphatic hydroxyl groups is 1. The zero-order valence-corrected chi connectivity index (χ0v) is 35.7. The minimum atomic E-state index is -0.879. The van der Waals surface area contributed by atoms with E-state index in [2.05, 4.69) is 22.3 Å². The highest BCUT2D eigenvalue weighted by Gasteiger charge is 2.43. The van der Waals surface area contributed by atoms with Crippen LogP contribution in [0.4, 0.5) is 0 Å². The van der Waals surface area contributed by atoms with Crippen LogP contribution in [0.3, 0.4) is 0 Å². The third-order valence-electron chi connectivity index (χ3n) is 10.9. The number of carbonyl (C=O) groups excluding carboxylic acids is 4. The molecule has 0 spiro atoms. The molecule has 1 aliphatic rings. The Morgan fingerprint density at radius 2 is 1.58 bits per heavy atom. The van der Waals surface area contributed by atoms with Crippen molar-refractivity contribution < 1.29 is 33.8 Å². The first-order valence-electron chi connectivity index (χ1n) is 19.0. The summed E-state index contributed by atoms with van der Waals surface area (Å²) in [6, 6.07) is 6.55. The zero-order chi connectivity index (χ0) is 40.2. The summed E-state index contributed by atoms with van der Waals surface area (Å²) < 4.78 is 13.7. The van der Waals surface area contributed by atoms with E-state index in [0.29, 0.717) is 18.5 Å². The monoisotopic (exact) mass is 781 g/mol. The average molecular weight is 782 g/mol. The second kappa shape index (κ2) is 22.3. The smallest absolute Gasteiger partial charge is 0.245 e. The van der Waals surface area contributed by atoms with Gasteiger partial charge in [-0.2, -0.15) is 0 Å². The molecule has 1 heterocycles. The number of ether oxygens (including phenoxy) is 2. The van der Waals surface area contributed by atoms with Crippen LogP contribution >= 0.6 is 22.6 Å². The van der Waals surface area contributed by atoms with E-state index >= 15 is 0 Å². The highest BCUT2D eigenvalue weighted by Crippen LogP contribution is 2.30. The van der Waals surface area contributed by atoms with Gasteiger partial charge < -0.3 is 35.0 Å². The van der Waals surface area contributed by atoms with E-state index in [-0.39, 0.29) is 53.8 Å². The summed E-state index contributed by atoms with van der Waals surface area (Å²) in [7, 11) is 7.80.